The van der Waals surface area contributed by atoms with Gasteiger partial charge >= 0.3 is 5.97 Å². The van der Waals surface area contributed by atoms with Crippen molar-refractivity contribution in [3.63, 3.8) is 0 Å². The predicted molar refractivity (Wildman–Crippen MR) is 107 cm³/mol. The van der Waals surface area contributed by atoms with Gasteiger partial charge in [-0.3, -0.25) is 19.3 Å². The molecule has 144 valence electrons. The Morgan fingerprint density at radius 2 is 1.89 bits per heavy atom. The number of rotatable bonds is 6. The van der Waals surface area contributed by atoms with Gasteiger partial charge in [0, 0.05) is 0 Å². The highest BCUT2D eigenvalue weighted by molar-refractivity contribution is 8.18. The van der Waals surface area contributed by atoms with Gasteiger partial charge in [-0.05, 0) is 48.0 Å². The van der Waals surface area contributed by atoms with E-state index in [-0.39, 0.29) is 4.91 Å². The number of imide groups is 1. The second-order valence-electron chi connectivity index (χ2n) is 6.19. The SMILES string of the molecule is COC(=O)CN1C(=O)S/C(=C\c2cccc(OCc3ccc(C)cc3)c2)C1=O. The molecule has 0 radical (unpaired) electrons. The minimum atomic E-state index is -0.643. The fourth-order valence-electron chi connectivity index (χ4n) is 2.53. The molecule has 0 bridgehead atoms. The molecule has 0 N–H and O–H groups in total. The van der Waals surface area contributed by atoms with Crippen molar-refractivity contribution in [3.05, 3.63) is 70.1 Å². The highest BCUT2D eigenvalue weighted by Crippen LogP contribution is 2.32. The summed E-state index contributed by atoms with van der Waals surface area (Å²) in [5.41, 5.74) is 2.97. The van der Waals surface area contributed by atoms with Crippen LogP contribution in [0.3, 0.4) is 0 Å². The summed E-state index contributed by atoms with van der Waals surface area (Å²) in [6, 6.07) is 15.3. The number of carbonyl (C=O) groups is 3. The van der Waals surface area contributed by atoms with E-state index in [0.717, 1.165) is 27.8 Å². The lowest BCUT2D eigenvalue weighted by molar-refractivity contribution is -0.143. The molecule has 7 heteroatoms. The fraction of sp³-hybridized carbons (Fsp3) is 0.190. The number of amides is 2. The number of nitrogens with zero attached hydrogens (tertiary/aromatic N) is 1. The number of methoxy groups -OCH3 is 1. The molecular weight excluding hydrogens is 378 g/mol. The van der Waals surface area contributed by atoms with E-state index in [1.807, 2.05) is 49.4 Å². The number of hydrogen-bond acceptors (Lipinski definition) is 6. The first kappa shape index (κ1) is 19.7. The van der Waals surface area contributed by atoms with Crippen LogP contribution in [0.5, 0.6) is 5.75 Å². The summed E-state index contributed by atoms with van der Waals surface area (Å²) in [5, 5.41) is -0.492. The highest BCUT2D eigenvalue weighted by atomic mass is 32.2. The molecule has 0 saturated carbocycles. The number of ether oxygens (including phenoxy) is 2. The van der Waals surface area contributed by atoms with E-state index in [0.29, 0.717) is 12.4 Å². The molecule has 0 atom stereocenters. The van der Waals surface area contributed by atoms with Crippen molar-refractivity contribution < 1.29 is 23.9 Å². The average molecular weight is 397 g/mol. The van der Waals surface area contributed by atoms with Gasteiger partial charge in [0.25, 0.3) is 11.1 Å². The third kappa shape index (κ3) is 4.80. The molecule has 2 amide bonds. The summed E-state index contributed by atoms with van der Waals surface area (Å²) in [6.45, 7) is 2.07. The van der Waals surface area contributed by atoms with Gasteiger partial charge in [0.2, 0.25) is 0 Å². The Hall–Kier alpha value is -3.06. The second kappa shape index (κ2) is 8.75. The van der Waals surface area contributed by atoms with Gasteiger partial charge in [-0.25, -0.2) is 0 Å². The Bertz CT molecular complexity index is 936. The normalized spacial score (nSPS) is 15.2. The van der Waals surface area contributed by atoms with Crippen molar-refractivity contribution in [2.75, 3.05) is 13.7 Å². The van der Waals surface area contributed by atoms with Crippen LogP contribution in [0.15, 0.2) is 53.4 Å². The number of aryl methyl sites for hydroxylation is 1. The molecule has 1 heterocycles. The molecule has 0 unspecified atom stereocenters. The fourth-order valence-corrected chi connectivity index (χ4v) is 3.36. The van der Waals surface area contributed by atoms with Crippen LogP contribution in [0.25, 0.3) is 6.08 Å². The zero-order chi connectivity index (χ0) is 20.1. The number of hydrogen-bond donors (Lipinski definition) is 0. The smallest absolute Gasteiger partial charge is 0.325 e. The average Bonchev–Trinajstić information content (AvgIpc) is 2.95. The van der Waals surface area contributed by atoms with Gasteiger partial charge in [0.05, 0.1) is 12.0 Å². The zero-order valence-corrected chi connectivity index (χ0v) is 16.3. The molecule has 28 heavy (non-hydrogen) atoms. The molecule has 1 saturated heterocycles. The molecule has 6 nitrogen and oxygen atoms in total. The van der Waals surface area contributed by atoms with Crippen LogP contribution in [0.2, 0.25) is 0 Å². The van der Waals surface area contributed by atoms with E-state index < -0.39 is 23.7 Å². The van der Waals surface area contributed by atoms with Gasteiger partial charge in [-0.2, -0.15) is 0 Å². The third-order valence-electron chi connectivity index (χ3n) is 4.07. The molecule has 2 aromatic rings. The summed E-state index contributed by atoms with van der Waals surface area (Å²) in [5.74, 6) is -0.496. The number of thioether (sulfide) groups is 1. The van der Waals surface area contributed by atoms with Crippen LogP contribution >= 0.6 is 11.8 Å². The molecule has 0 aromatic heterocycles. The number of carbonyl (C=O) groups excluding carboxylic acids is 3. The lowest BCUT2D eigenvalue weighted by atomic mass is 10.1. The van der Waals surface area contributed by atoms with E-state index in [9.17, 15) is 14.4 Å². The van der Waals surface area contributed by atoms with Gasteiger partial charge < -0.3 is 9.47 Å². The van der Waals surface area contributed by atoms with Crippen molar-refractivity contribution in [1.82, 2.24) is 4.90 Å². The van der Waals surface area contributed by atoms with Crippen LogP contribution in [0.4, 0.5) is 4.79 Å². The second-order valence-corrected chi connectivity index (χ2v) is 7.18. The quantitative estimate of drug-likeness (QED) is 0.546. The predicted octanol–water partition coefficient (Wildman–Crippen LogP) is 3.78. The Morgan fingerprint density at radius 1 is 1.14 bits per heavy atom. The van der Waals surface area contributed by atoms with E-state index in [2.05, 4.69) is 4.74 Å². The van der Waals surface area contributed by atoms with E-state index in [1.54, 1.807) is 12.1 Å². The van der Waals surface area contributed by atoms with Gasteiger partial charge in [-0.1, -0.05) is 42.0 Å². The molecule has 1 aliphatic rings. The molecule has 1 aliphatic heterocycles. The first-order chi connectivity index (χ1) is 13.5. The Kier molecular flexibility index (Phi) is 6.16. The van der Waals surface area contributed by atoms with Crippen LogP contribution < -0.4 is 4.74 Å². The number of benzene rings is 2. The highest BCUT2D eigenvalue weighted by Gasteiger charge is 2.36. The third-order valence-corrected chi connectivity index (χ3v) is 4.98. The summed E-state index contributed by atoms with van der Waals surface area (Å²) in [6.07, 6.45) is 1.61. The molecule has 1 fully saturated rings. The zero-order valence-electron chi connectivity index (χ0n) is 15.5. The minimum Gasteiger partial charge on any atom is -0.489 e. The molecular formula is C21H19NO5S. The summed E-state index contributed by atoms with van der Waals surface area (Å²) in [7, 11) is 1.21. The topological polar surface area (TPSA) is 72.9 Å². The number of esters is 1. The molecule has 0 aliphatic carbocycles. The van der Waals surface area contributed by atoms with Crippen LogP contribution in [-0.4, -0.2) is 35.7 Å². The molecule has 2 aromatic carbocycles. The van der Waals surface area contributed by atoms with Crippen LogP contribution in [0.1, 0.15) is 16.7 Å². The van der Waals surface area contributed by atoms with Crippen molar-refractivity contribution in [2.45, 2.75) is 13.5 Å². The summed E-state index contributed by atoms with van der Waals surface area (Å²) in [4.78, 5) is 36.8. The van der Waals surface area contributed by atoms with Crippen LogP contribution in [-0.2, 0) is 20.9 Å². The van der Waals surface area contributed by atoms with Gasteiger partial charge in [0.15, 0.2) is 0 Å². The van der Waals surface area contributed by atoms with E-state index in [1.165, 1.54) is 12.7 Å². The lowest BCUT2D eigenvalue weighted by Gasteiger charge is -2.09. The largest absolute Gasteiger partial charge is 0.489 e. The Balaban J connectivity index is 1.69. The summed E-state index contributed by atoms with van der Waals surface area (Å²) >= 11 is 0.796. The standard InChI is InChI=1S/C21H19NO5S/c1-14-6-8-15(9-7-14)13-27-17-5-3-4-16(10-17)11-18-20(24)22(21(25)28-18)12-19(23)26-2/h3-11H,12-13H2,1-2H3/b18-11-. The Morgan fingerprint density at radius 3 is 2.61 bits per heavy atom. The van der Waals surface area contributed by atoms with Crippen LogP contribution in [0, 0.1) is 6.92 Å². The van der Waals surface area contributed by atoms with Crippen molar-refractivity contribution in [1.29, 1.82) is 0 Å². The lowest BCUT2D eigenvalue weighted by Crippen LogP contribution is -2.34. The molecule has 3 rings (SSSR count). The first-order valence-corrected chi connectivity index (χ1v) is 9.38. The van der Waals surface area contributed by atoms with Gasteiger partial charge in [0.1, 0.15) is 18.9 Å². The van der Waals surface area contributed by atoms with E-state index in [4.69, 9.17) is 4.74 Å². The monoisotopic (exact) mass is 397 g/mol. The van der Waals surface area contributed by atoms with Crippen molar-refractivity contribution >= 4 is 35.0 Å². The Labute approximate surface area is 167 Å². The maximum absolute atomic E-state index is 12.4. The first-order valence-electron chi connectivity index (χ1n) is 8.57. The van der Waals surface area contributed by atoms with Crippen molar-refractivity contribution in [3.8, 4) is 5.75 Å². The van der Waals surface area contributed by atoms with E-state index >= 15 is 0 Å². The minimum absolute atomic E-state index is 0.254. The van der Waals surface area contributed by atoms with Gasteiger partial charge in [-0.15, -0.1) is 0 Å². The maximum atomic E-state index is 12.4. The maximum Gasteiger partial charge on any atom is 0.325 e. The van der Waals surface area contributed by atoms with Crippen molar-refractivity contribution in [2.24, 2.45) is 0 Å². The summed E-state index contributed by atoms with van der Waals surface area (Å²) < 4.78 is 10.3. The molecule has 0 spiro atoms.